The molecule has 0 atom stereocenters. The molecule has 2 aromatic rings. The van der Waals surface area contributed by atoms with Crippen LogP contribution < -0.4 is 5.32 Å². The van der Waals surface area contributed by atoms with Crippen molar-refractivity contribution in [2.45, 2.75) is 45.6 Å². The lowest BCUT2D eigenvalue weighted by molar-refractivity contribution is -0.114. The first-order chi connectivity index (χ1) is 11.4. The van der Waals surface area contributed by atoms with E-state index in [0.29, 0.717) is 21.8 Å². The first-order valence-electron chi connectivity index (χ1n) is 7.97. The second kappa shape index (κ2) is 8.53. The Hall–Kier alpha value is -1.53. The molecule has 4 nitrogen and oxygen atoms in total. The van der Waals surface area contributed by atoms with Gasteiger partial charge < -0.3 is 10.1 Å². The van der Waals surface area contributed by atoms with Gasteiger partial charge in [0, 0.05) is 25.5 Å². The van der Waals surface area contributed by atoms with E-state index in [-0.39, 0.29) is 11.7 Å². The molecule has 0 unspecified atom stereocenters. The van der Waals surface area contributed by atoms with Crippen LogP contribution in [0.4, 0.5) is 10.1 Å². The Morgan fingerprint density at radius 1 is 1.38 bits per heavy atom. The molecule has 0 bridgehead atoms. The van der Waals surface area contributed by atoms with E-state index in [4.69, 9.17) is 4.74 Å². The summed E-state index contributed by atoms with van der Waals surface area (Å²) < 4.78 is 18.8. The van der Waals surface area contributed by atoms with Crippen LogP contribution in [0.15, 0.2) is 22.8 Å². The first-order valence-corrected chi connectivity index (χ1v) is 8.76. The highest BCUT2D eigenvalue weighted by atomic mass is 79.9. The molecule has 0 spiro atoms. The number of aryl methyl sites for hydroxylation is 1. The summed E-state index contributed by atoms with van der Waals surface area (Å²) in [5, 5.41) is 3.50. The minimum absolute atomic E-state index is 0.157. The Morgan fingerprint density at radius 2 is 2.04 bits per heavy atom. The molecule has 3 rings (SSSR count). The quantitative estimate of drug-likeness (QED) is 0.778. The average molecular weight is 397 g/mol. The van der Waals surface area contributed by atoms with E-state index in [1.54, 1.807) is 13.2 Å². The molecule has 1 saturated carbocycles. The van der Waals surface area contributed by atoms with Crippen molar-refractivity contribution in [3.63, 3.8) is 0 Å². The SMILES string of the molecule is CC(=O)Nc1cnc2cc(F)c(Br)cc2c1C.COC1CCCC1. The molecule has 0 radical (unpaired) electrons. The van der Waals surface area contributed by atoms with E-state index < -0.39 is 0 Å². The Morgan fingerprint density at radius 3 is 2.58 bits per heavy atom. The van der Waals surface area contributed by atoms with Crippen LogP contribution in [0.1, 0.15) is 38.2 Å². The Balaban J connectivity index is 0.000000249. The maximum atomic E-state index is 13.3. The number of hydrogen-bond donors (Lipinski definition) is 1. The summed E-state index contributed by atoms with van der Waals surface area (Å²) in [6.07, 6.45) is 7.45. The number of amides is 1. The summed E-state index contributed by atoms with van der Waals surface area (Å²) in [7, 11) is 1.80. The lowest BCUT2D eigenvalue weighted by Crippen LogP contribution is -2.07. The number of aromatic nitrogens is 1. The second-order valence-electron chi connectivity index (χ2n) is 5.90. The van der Waals surface area contributed by atoms with Crippen molar-refractivity contribution in [3.8, 4) is 0 Å². The van der Waals surface area contributed by atoms with Crippen molar-refractivity contribution >= 4 is 38.4 Å². The summed E-state index contributed by atoms with van der Waals surface area (Å²) >= 11 is 3.14. The third-order valence-corrected chi connectivity index (χ3v) is 4.73. The van der Waals surface area contributed by atoms with Crippen LogP contribution >= 0.6 is 15.9 Å². The van der Waals surface area contributed by atoms with Crippen molar-refractivity contribution in [2.75, 3.05) is 12.4 Å². The molecular formula is C18H22BrFN2O2. The van der Waals surface area contributed by atoms with Crippen molar-refractivity contribution < 1.29 is 13.9 Å². The molecule has 1 aromatic heterocycles. The van der Waals surface area contributed by atoms with Gasteiger partial charge in [0.2, 0.25) is 5.91 Å². The van der Waals surface area contributed by atoms with Crippen LogP contribution in [0.2, 0.25) is 0 Å². The number of benzene rings is 1. The summed E-state index contributed by atoms with van der Waals surface area (Å²) in [5.41, 5.74) is 2.08. The van der Waals surface area contributed by atoms with Gasteiger partial charge in [-0.1, -0.05) is 12.8 Å². The van der Waals surface area contributed by atoms with Gasteiger partial charge in [0.15, 0.2) is 0 Å². The van der Waals surface area contributed by atoms with E-state index in [1.165, 1.54) is 44.9 Å². The van der Waals surface area contributed by atoms with E-state index >= 15 is 0 Å². The monoisotopic (exact) mass is 396 g/mol. The number of ether oxygens (including phenoxy) is 1. The fourth-order valence-electron chi connectivity index (χ4n) is 2.76. The number of anilines is 1. The van der Waals surface area contributed by atoms with Crippen molar-refractivity contribution in [2.24, 2.45) is 0 Å². The zero-order chi connectivity index (χ0) is 17.7. The van der Waals surface area contributed by atoms with Crippen LogP contribution in [-0.2, 0) is 9.53 Å². The van der Waals surface area contributed by atoms with Crippen LogP contribution in [0.3, 0.4) is 0 Å². The van der Waals surface area contributed by atoms with Gasteiger partial charge in [0.1, 0.15) is 5.82 Å². The second-order valence-corrected chi connectivity index (χ2v) is 6.76. The zero-order valence-electron chi connectivity index (χ0n) is 14.2. The van der Waals surface area contributed by atoms with Gasteiger partial charge in [-0.2, -0.15) is 0 Å². The van der Waals surface area contributed by atoms with Crippen LogP contribution in [0.25, 0.3) is 10.9 Å². The Bertz CT molecular complexity index is 731. The predicted molar refractivity (Wildman–Crippen MR) is 97.7 cm³/mol. The van der Waals surface area contributed by atoms with Gasteiger partial charge in [-0.3, -0.25) is 9.78 Å². The fourth-order valence-corrected chi connectivity index (χ4v) is 3.10. The number of methoxy groups -OCH3 is 1. The maximum Gasteiger partial charge on any atom is 0.221 e. The van der Waals surface area contributed by atoms with Crippen molar-refractivity contribution in [3.05, 3.63) is 34.2 Å². The van der Waals surface area contributed by atoms with Crippen LogP contribution in [0, 0.1) is 12.7 Å². The standard InChI is InChI=1S/C12H10BrFN2O.C6H12O/c1-6-8-3-9(13)10(14)4-11(8)15-5-12(6)16-7(2)17;1-7-6-4-2-3-5-6/h3-5H,1-2H3,(H,16,17);6H,2-5H2,1H3. The summed E-state index contributed by atoms with van der Waals surface area (Å²) in [6, 6.07) is 3.03. The van der Waals surface area contributed by atoms with Crippen LogP contribution in [0.5, 0.6) is 0 Å². The summed E-state index contributed by atoms with van der Waals surface area (Å²) in [5.74, 6) is -0.507. The lowest BCUT2D eigenvalue weighted by Gasteiger charge is -2.09. The number of nitrogens with zero attached hydrogens (tertiary/aromatic N) is 1. The highest BCUT2D eigenvalue weighted by Gasteiger charge is 2.12. The van der Waals surface area contributed by atoms with Gasteiger partial charge >= 0.3 is 0 Å². The molecule has 24 heavy (non-hydrogen) atoms. The molecule has 1 N–H and O–H groups in total. The largest absolute Gasteiger partial charge is 0.381 e. The molecule has 1 fully saturated rings. The number of carbonyl (C=O) groups is 1. The van der Waals surface area contributed by atoms with Gasteiger partial charge in [-0.15, -0.1) is 0 Å². The van der Waals surface area contributed by atoms with E-state index in [0.717, 1.165) is 10.9 Å². The molecule has 1 aromatic carbocycles. The topological polar surface area (TPSA) is 51.2 Å². The van der Waals surface area contributed by atoms with E-state index in [2.05, 4.69) is 26.2 Å². The minimum Gasteiger partial charge on any atom is -0.381 e. The number of pyridine rings is 1. The highest BCUT2D eigenvalue weighted by molar-refractivity contribution is 9.10. The number of fused-ring (bicyclic) bond motifs is 1. The highest BCUT2D eigenvalue weighted by Crippen LogP contribution is 2.28. The molecule has 1 amide bonds. The number of rotatable bonds is 2. The number of carbonyl (C=O) groups excluding carboxylic acids is 1. The van der Waals surface area contributed by atoms with Gasteiger partial charge in [-0.25, -0.2) is 4.39 Å². The van der Waals surface area contributed by atoms with Gasteiger partial charge in [0.25, 0.3) is 0 Å². The Kier molecular flexibility index (Phi) is 6.69. The van der Waals surface area contributed by atoms with Crippen LogP contribution in [-0.4, -0.2) is 24.1 Å². The average Bonchev–Trinajstić information content (AvgIpc) is 3.06. The summed E-state index contributed by atoms with van der Waals surface area (Å²) in [4.78, 5) is 15.1. The predicted octanol–water partition coefficient (Wildman–Crippen LogP) is 4.98. The van der Waals surface area contributed by atoms with Gasteiger partial charge in [0.05, 0.1) is 28.0 Å². The third kappa shape index (κ3) is 4.74. The van der Waals surface area contributed by atoms with Crippen molar-refractivity contribution in [1.29, 1.82) is 0 Å². The molecule has 1 aliphatic carbocycles. The van der Waals surface area contributed by atoms with E-state index in [1.807, 2.05) is 6.92 Å². The lowest BCUT2D eigenvalue weighted by atomic mass is 10.1. The van der Waals surface area contributed by atoms with Crippen molar-refractivity contribution in [1.82, 2.24) is 4.98 Å². The zero-order valence-corrected chi connectivity index (χ0v) is 15.7. The third-order valence-electron chi connectivity index (χ3n) is 4.13. The molecule has 6 heteroatoms. The molecular weight excluding hydrogens is 375 g/mol. The molecule has 130 valence electrons. The summed E-state index contributed by atoms with van der Waals surface area (Å²) in [6.45, 7) is 3.30. The smallest absolute Gasteiger partial charge is 0.221 e. The van der Waals surface area contributed by atoms with E-state index in [9.17, 15) is 9.18 Å². The maximum absolute atomic E-state index is 13.3. The Labute approximate surface area is 149 Å². The fraction of sp³-hybridized carbons (Fsp3) is 0.444. The number of nitrogens with one attached hydrogen (secondary N) is 1. The first kappa shape index (κ1) is 18.8. The minimum atomic E-state index is -0.350. The number of hydrogen-bond acceptors (Lipinski definition) is 3. The molecule has 0 saturated heterocycles. The molecule has 0 aliphatic heterocycles. The molecule has 1 aliphatic rings. The normalized spacial score (nSPS) is 14.4. The molecule has 1 heterocycles. The van der Waals surface area contributed by atoms with Gasteiger partial charge in [-0.05, 0) is 47.3 Å². The number of halogens is 2.